The van der Waals surface area contributed by atoms with E-state index in [1.807, 2.05) is 42.7 Å². The second kappa shape index (κ2) is 10.3. The smallest absolute Gasteiger partial charge is 0.191 e. The fourth-order valence-corrected chi connectivity index (χ4v) is 2.22. The Balaban J connectivity index is 1.74. The SMILES string of the molecule is CN=C(NCCn1cccc1)NCc1cccc(OCCOC)c1. The predicted octanol–water partition coefficient (Wildman–Crippen LogP) is 1.88. The summed E-state index contributed by atoms with van der Waals surface area (Å²) in [6.07, 6.45) is 4.10. The van der Waals surface area contributed by atoms with Crippen molar-refractivity contribution in [2.75, 3.05) is 33.9 Å². The third-order valence-corrected chi connectivity index (χ3v) is 3.47. The van der Waals surface area contributed by atoms with E-state index in [0.29, 0.717) is 19.8 Å². The Morgan fingerprint density at radius 3 is 2.71 bits per heavy atom. The van der Waals surface area contributed by atoms with Crippen LogP contribution >= 0.6 is 0 Å². The number of benzene rings is 1. The minimum absolute atomic E-state index is 0.552. The molecule has 2 N–H and O–H groups in total. The summed E-state index contributed by atoms with van der Waals surface area (Å²) in [6.45, 7) is 3.53. The summed E-state index contributed by atoms with van der Waals surface area (Å²) < 4.78 is 12.7. The van der Waals surface area contributed by atoms with Crippen LogP contribution in [-0.4, -0.2) is 44.4 Å². The molecular weight excluding hydrogens is 304 g/mol. The maximum Gasteiger partial charge on any atom is 0.191 e. The fourth-order valence-electron chi connectivity index (χ4n) is 2.22. The second-order valence-corrected chi connectivity index (χ2v) is 5.26. The van der Waals surface area contributed by atoms with Crippen molar-refractivity contribution in [1.29, 1.82) is 0 Å². The number of aliphatic imine (C=N–C) groups is 1. The number of nitrogens with one attached hydrogen (secondary N) is 2. The first-order chi connectivity index (χ1) is 11.8. The van der Waals surface area contributed by atoms with Gasteiger partial charge in [-0.05, 0) is 29.8 Å². The Morgan fingerprint density at radius 2 is 1.96 bits per heavy atom. The third kappa shape index (κ3) is 6.34. The van der Waals surface area contributed by atoms with Gasteiger partial charge in [-0.15, -0.1) is 0 Å². The van der Waals surface area contributed by atoms with Gasteiger partial charge in [0, 0.05) is 46.2 Å². The van der Waals surface area contributed by atoms with Gasteiger partial charge in [0.25, 0.3) is 0 Å². The van der Waals surface area contributed by atoms with Crippen molar-refractivity contribution in [2.24, 2.45) is 4.99 Å². The topological polar surface area (TPSA) is 59.8 Å². The first kappa shape index (κ1) is 17.9. The molecule has 0 saturated carbocycles. The molecule has 6 heteroatoms. The normalized spacial score (nSPS) is 11.3. The molecule has 0 fully saturated rings. The molecule has 0 aliphatic heterocycles. The lowest BCUT2D eigenvalue weighted by Crippen LogP contribution is -2.38. The van der Waals surface area contributed by atoms with Crippen molar-refractivity contribution in [1.82, 2.24) is 15.2 Å². The van der Waals surface area contributed by atoms with Gasteiger partial charge in [-0.25, -0.2) is 0 Å². The maximum atomic E-state index is 5.63. The van der Waals surface area contributed by atoms with E-state index in [1.165, 1.54) is 0 Å². The van der Waals surface area contributed by atoms with Gasteiger partial charge in [0.2, 0.25) is 0 Å². The molecule has 1 aromatic heterocycles. The Bertz CT molecular complexity index is 611. The van der Waals surface area contributed by atoms with E-state index in [-0.39, 0.29) is 0 Å². The molecule has 6 nitrogen and oxygen atoms in total. The number of guanidine groups is 1. The van der Waals surface area contributed by atoms with Crippen molar-refractivity contribution < 1.29 is 9.47 Å². The summed E-state index contributed by atoms with van der Waals surface area (Å²) in [5.74, 6) is 1.63. The van der Waals surface area contributed by atoms with Crippen molar-refractivity contribution in [3.8, 4) is 5.75 Å². The van der Waals surface area contributed by atoms with Crippen molar-refractivity contribution in [2.45, 2.75) is 13.1 Å². The highest BCUT2D eigenvalue weighted by atomic mass is 16.5. The van der Waals surface area contributed by atoms with Gasteiger partial charge in [0.1, 0.15) is 12.4 Å². The van der Waals surface area contributed by atoms with E-state index < -0.39 is 0 Å². The summed E-state index contributed by atoms with van der Waals surface area (Å²) in [5, 5.41) is 6.61. The van der Waals surface area contributed by atoms with Crippen LogP contribution in [0, 0.1) is 0 Å². The van der Waals surface area contributed by atoms with Gasteiger partial charge in [-0.1, -0.05) is 12.1 Å². The van der Waals surface area contributed by atoms with Crippen LogP contribution in [0.25, 0.3) is 0 Å². The molecule has 0 spiro atoms. The maximum absolute atomic E-state index is 5.63. The number of nitrogens with zero attached hydrogens (tertiary/aromatic N) is 2. The molecule has 0 atom stereocenters. The van der Waals surface area contributed by atoms with Crippen LogP contribution in [0.3, 0.4) is 0 Å². The van der Waals surface area contributed by atoms with Gasteiger partial charge >= 0.3 is 0 Å². The van der Waals surface area contributed by atoms with Crippen LogP contribution in [0.15, 0.2) is 53.8 Å². The first-order valence-electron chi connectivity index (χ1n) is 8.08. The van der Waals surface area contributed by atoms with E-state index in [1.54, 1.807) is 14.2 Å². The number of aromatic nitrogens is 1. The molecule has 1 heterocycles. The highest BCUT2D eigenvalue weighted by Gasteiger charge is 2.00. The predicted molar refractivity (Wildman–Crippen MR) is 96.4 cm³/mol. The molecule has 24 heavy (non-hydrogen) atoms. The van der Waals surface area contributed by atoms with Crippen LogP contribution in [0.1, 0.15) is 5.56 Å². The number of hydrogen-bond acceptors (Lipinski definition) is 3. The lowest BCUT2D eigenvalue weighted by atomic mass is 10.2. The average Bonchev–Trinajstić information content (AvgIpc) is 3.12. The van der Waals surface area contributed by atoms with Crippen molar-refractivity contribution >= 4 is 5.96 Å². The molecule has 0 aliphatic carbocycles. The quantitative estimate of drug-likeness (QED) is 0.419. The summed E-state index contributed by atoms with van der Waals surface area (Å²) in [5.41, 5.74) is 1.14. The lowest BCUT2D eigenvalue weighted by Gasteiger charge is -2.13. The summed E-state index contributed by atoms with van der Waals surface area (Å²) in [7, 11) is 3.44. The monoisotopic (exact) mass is 330 g/mol. The molecule has 0 unspecified atom stereocenters. The van der Waals surface area contributed by atoms with Crippen LogP contribution < -0.4 is 15.4 Å². The molecular formula is C18H26N4O2. The van der Waals surface area contributed by atoms with Gasteiger partial charge in [0.15, 0.2) is 5.96 Å². The average molecular weight is 330 g/mol. The number of methoxy groups -OCH3 is 1. The minimum atomic E-state index is 0.552. The Kier molecular flexibility index (Phi) is 7.70. The summed E-state index contributed by atoms with van der Waals surface area (Å²) >= 11 is 0. The number of rotatable bonds is 9. The zero-order chi connectivity index (χ0) is 17.0. The minimum Gasteiger partial charge on any atom is -0.491 e. The molecule has 1 aromatic carbocycles. The van der Waals surface area contributed by atoms with Gasteiger partial charge in [0.05, 0.1) is 6.61 Å². The largest absolute Gasteiger partial charge is 0.491 e. The lowest BCUT2D eigenvalue weighted by molar-refractivity contribution is 0.146. The highest BCUT2D eigenvalue weighted by Crippen LogP contribution is 2.13. The van der Waals surface area contributed by atoms with E-state index in [0.717, 1.165) is 30.4 Å². The summed E-state index contributed by atoms with van der Waals surface area (Å²) in [4.78, 5) is 4.24. The second-order valence-electron chi connectivity index (χ2n) is 5.26. The van der Waals surface area contributed by atoms with Crippen LogP contribution in [-0.2, 0) is 17.8 Å². The Labute approximate surface area is 143 Å². The van der Waals surface area contributed by atoms with Crippen LogP contribution in [0.5, 0.6) is 5.75 Å². The molecule has 0 aliphatic rings. The molecule has 0 amide bonds. The van der Waals surface area contributed by atoms with E-state index in [4.69, 9.17) is 9.47 Å². The van der Waals surface area contributed by atoms with Crippen molar-refractivity contribution in [3.05, 3.63) is 54.4 Å². The van der Waals surface area contributed by atoms with Crippen LogP contribution in [0.4, 0.5) is 0 Å². The Morgan fingerprint density at radius 1 is 1.12 bits per heavy atom. The van der Waals surface area contributed by atoms with Gasteiger partial charge < -0.3 is 24.7 Å². The van der Waals surface area contributed by atoms with E-state index in [9.17, 15) is 0 Å². The fraction of sp³-hybridized carbons (Fsp3) is 0.389. The van der Waals surface area contributed by atoms with E-state index >= 15 is 0 Å². The van der Waals surface area contributed by atoms with Gasteiger partial charge in [-0.3, -0.25) is 4.99 Å². The summed E-state index contributed by atoms with van der Waals surface area (Å²) in [6, 6.07) is 12.1. The third-order valence-electron chi connectivity index (χ3n) is 3.47. The van der Waals surface area contributed by atoms with E-state index in [2.05, 4.69) is 26.3 Å². The molecule has 130 valence electrons. The van der Waals surface area contributed by atoms with Crippen LogP contribution in [0.2, 0.25) is 0 Å². The zero-order valence-corrected chi connectivity index (χ0v) is 14.4. The number of hydrogen-bond donors (Lipinski definition) is 2. The first-order valence-corrected chi connectivity index (χ1v) is 8.08. The van der Waals surface area contributed by atoms with Crippen molar-refractivity contribution in [3.63, 3.8) is 0 Å². The molecule has 0 saturated heterocycles. The zero-order valence-electron chi connectivity index (χ0n) is 14.4. The number of ether oxygens (including phenoxy) is 2. The molecule has 0 radical (unpaired) electrons. The van der Waals surface area contributed by atoms with Gasteiger partial charge in [-0.2, -0.15) is 0 Å². The molecule has 2 aromatic rings. The highest BCUT2D eigenvalue weighted by molar-refractivity contribution is 5.79. The standard InChI is InChI=1S/C18H26N4O2/c1-19-18(20-8-11-22-9-3-4-10-22)21-15-16-6-5-7-17(14-16)24-13-12-23-2/h3-7,9-10,14H,8,11-13,15H2,1-2H3,(H2,19,20,21). The molecule has 2 rings (SSSR count). The Hall–Kier alpha value is -2.47. The molecule has 0 bridgehead atoms.